The van der Waals surface area contributed by atoms with E-state index in [0.717, 1.165) is 10.8 Å². The summed E-state index contributed by atoms with van der Waals surface area (Å²) in [5.41, 5.74) is 0.571. The first-order chi connectivity index (χ1) is 16.5. The van der Waals surface area contributed by atoms with E-state index in [-0.39, 0.29) is 36.5 Å². The number of amides is 1. The Balaban J connectivity index is 1.59. The SMILES string of the molecule is N#CC[C@H]1CN(c2ncnc3c(F)c(-c4cc(O)cc5ccccc45)ncc23)CCN1C(=O)O. The van der Waals surface area contributed by atoms with Gasteiger partial charge in [0, 0.05) is 31.4 Å². The third-order valence-electron chi connectivity index (χ3n) is 6.06. The number of benzene rings is 2. The molecule has 10 heteroatoms. The monoisotopic (exact) mass is 458 g/mol. The van der Waals surface area contributed by atoms with E-state index in [1.807, 2.05) is 35.2 Å². The molecular formula is C24H19FN6O3. The minimum absolute atomic E-state index is 0.00166. The van der Waals surface area contributed by atoms with Crippen molar-refractivity contribution in [1.82, 2.24) is 19.9 Å². The summed E-state index contributed by atoms with van der Waals surface area (Å²) in [7, 11) is 0. The first-order valence-electron chi connectivity index (χ1n) is 10.6. The van der Waals surface area contributed by atoms with Crippen LogP contribution in [0.15, 0.2) is 48.9 Å². The highest BCUT2D eigenvalue weighted by Crippen LogP contribution is 2.36. The number of halogens is 1. The molecule has 2 aromatic carbocycles. The minimum atomic E-state index is -1.08. The van der Waals surface area contributed by atoms with Crippen LogP contribution < -0.4 is 4.90 Å². The maximum Gasteiger partial charge on any atom is 0.407 e. The lowest BCUT2D eigenvalue weighted by atomic mass is 10.00. The summed E-state index contributed by atoms with van der Waals surface area (Å²) in [6.45, 7) is 0.768. The third-order valence-corrected chi connectivity index (χ3v) is 6.06. The molecule has 9 nitrogen and oxygen atoms in total. The van der Waals surface area contributed by atoms with Crippen LogP contribution in [0, 0.1) is 17.1 Å². The van der Waals surface area contributed by atoms with Crippen LogP contribution in [0.3, 0.4) is 0 Å². The van der Waals surface area contributed by atoms with Crippen molar-refractivity contribution in [1.29, 1.82) is 5.26 Å². The number of aromatic nitrogens is 3. The molecule has 2 N–H and O–H groups in total. The highest BCUT2D eigenvalue weighted by atomic mass is 19.1. The number of aromatic hydroxyl groups is 1. The summed E-state index contributed by atoms with van der Waals surface area (Å²) >= 11 is 0. The number of piperazine rings is 1. The van der Waals surface area contributed by atoms with Crippen LogP contribution in [0.2, 0.25) is 0 Å². The second kappa shape index (κ2) is 8.44. The zero-order chi connectivity index (χ0) is 23.8. The lowest BCUT2D eigenvalue weighted by Gasteiger charge is -2.39. The maximum absolute atomic E-state index is 15.7. The van der Waals surface area contributed by atoms with Gasteiger partial charge in [-0.15, -0.1) is 0 Å². The number of hydrogen-bond acceptors (Lipinski definition) is 7. The number of rotatable bonds is 3. The van der Waals surface area contributed by atoms with Crippen LogP contribution in [0.1, 0.15) is 6.42 Å². The van der Waals surface area contributed by atoms with Gasteiger partial charge in [-0.1, -0.05) is 24.3 Å². The highest BCUT2D eigenvalue weighted by Gasteiger charge is 2.32. The second-order valence-electron chi connectivity index (χ2n) is 8.03. The van der Waals surface area contributed by atoms with Crippen molar-refractivity contribution in [3.63, 3.8) is 0 Å². The number of fused-ring (bicyclic) bond motifs is 2. The first-order valence-corrected chi connectivity index (χ1v) is 10.6. The van der Waals surface area contributed by atoms with E-state index >= 15 is 4.39 Å². The van der Waals surface area contributed by atoms with Gasteiger partial charge >= 0.3 is 6.09 Å². The minimum Gasteiger partial charge on any atom is -0.508 e. The summed E-state index contributed by atoms with van der Waals surface area (Å²) in [5, 5.41) is 30.6. The van der Waals surface area contributed by atoms with E-state index in [1.165, 1.54) is 23.5 Å². The van der Waals surface area contributed by atoms with Crippen molar-refractivity contribution in [3.8, 4) is 23.1 Å². The quantitative estimate of drug-likeness (QED) is 0.475. The normalized spacial score (nSPS) is 16.1. The van der Waals surface area contributed by atoms with Crippen LogP contribution >= 0.6 is 0 Å². The van der Waals surface area contributed by atoms with Gasteiger partial charge in [0.1, 0.15) is 29.1 Å². The van der Waals surface area contributed by atoms with E-state index in [4.69, 9.17) is 5.26 Å². The largest absolute Gasteiger partial charge is 0.508 e. The van der Waals surface area contributed by atoms with Crippen LogP contribution in [-0.4, -0.2) is 61.8 Å². The highest BCUT2D eigenvalue weighted by molar-refractivity contribution is 5.99. The van der Waals surface area contributed by atoms with Crippen molar-refractivity contribution >= 4 is 33.6 Å². The molecule has 0 aliphatic carbocycles. The molecule has 5 rings (SSSR count). The van der Waals surface area contributed by atoms with E-state index in [0.29, 0.717) is 23.3 Å². The van der Waals surface area contributed by atoms with Gasteiger partial charge in [-0.25, -0.2) is 19.2 Å². The van der Waals surface area contributed by atoms with Crippen molar-refractivity contribution in [2.75, 3.05) is 24.5 Å². The Labute approximate surface area is 193 Å². The average Bonchev–Trinajstić information content (AvgIpc) is 2.83. The molecular weight excluding hydrogens is 439 g/mol. The van der Waals surface area contributed by atoms with E-state index in [9.17, 15) is 15.0 Å². The molecule has 1 amide bonds. The second-order valence-corrected chi connectivity index (χ2v) is 8.03. The zero-order valence-corrected chi connectivity index (χ0v) is 17.9. The van der Waals surface area contributed by atoms with Crippen LogP contribution in [0.25, 0.3) is 32.9 Å². The predicted octanol–water partition coefficient (Wildman–Crippen LogP) is 3.77. The maximum atomic E-state index is 15.7. The molecule has 3 heterocycles. The smallest absolute Gasteiger partial charge is 0.407 e. The van der Waals surface area contributed by atoms with Crippen molar-refractivity contribution in [2.45, 2.75) is 12.5 Å². The first kappa shape index (κ1) is 21.3. The fourth-order valence-electron chi connectivity index (χ4n) is 4.49. The number of nitrogens with zero attached hydrogens (tertiary/aromatic N) is 6. The van der Waals surface area contributed by atoms with Crippen LogP contribution in [0.5, 0.6) is 5.75 Å². The number of phenols is 1. The molecule has 0 bridgehead atoms. The molecule has 0 saturated carbocycles. The molecule has 1 aliphatic rings. The van der Waals surface area contributed by atoms with E-state index < -0.39 is 18.0 Å². The molecule has 0 spiro atoms. The Hall–Kier alpha value is -4.52. The number of hydrogen-bond donors (Lipinski definition) is 2. The number of nitriles is 1. The number of carboxylic acid groups (broad SMARTS) is 1. The van der Waals surface area contributed by atoms with Gasteiger partial charge in [0.05, 0.1) is 23.9 Å². The molecule has 1 fully saturated rings. The van der Waals surface area contributed by atoms with Gasteiger partial charge in [-0.05, 0) is 22.9 Å². The predicted molar refractivity (Wildman–Crippen MR) is 123 cm³/mol. The number of pyridine rings is 1. The fraction of sp³-hybridized carbons (Fsp3) is 0.208. The van der Waals surface area contributed by atoms with E-state index in [1.54, 1.807) is 6.07 Å². The lowest BCUT2D eigenvalue weighted by molar-refractivity contribution is 0.119. The Bertz CT molecular complexity index is 1470. The molecule has 1 aliphatic heterocycles. The fourth-order valence-corrected chi connectivity index (χ4v) is 4.49. The number of phenolic OH excluding ortho intramolecular Hbond substituents is 1. The van der Waals surface area contributed by atoms with Gasteiger partial charge in [0.25, 0.3) is 0 Å². The van der Waals surface area contributed by atoms with E-state index in [2.05, 4.69) is 15.0 Å². The summed E-state index contributed by atoms with van der Waals surface area (Å²) in [4.78, 5) is 27.4. The number of carbonyl (C=O) groups is 1. The average molecular weight is 458 g/mol. The molecule has 1 atom stereocenters. The third kappa shape index (κ3) is 3.57. The summed E-state index contributed by atoms with van der Waals surface area (Å²) in [5.74, 6) is -0.218. The van der Waals surface area contributed by atoms with Gasteiger partial charge < -0.3 is 20.0 Å². The Morgan fingerprint density at radius 1 is 1.18 bits per heavy atom. The van der Waals surface area contributed by atoms with Gasteiger partial charge in [-0.3, -0.25) is 4.98 Å². The molecule has 0 radical (unpaired) electrons. The summed E-state index contributed by atoms with van der Waals surface area (Å²) < 4.78 is 15.7. The molecule has 4 aromatic rings. The van der Waals surface area contributed by atoms with Gasteiger partial charge in [0.2, 0.25) is 0 Å². The molecule has 170 valence electrons. The zero-order valence-electron chi connectivity index (χ0n) is 17.9. The molecule has 34 heavy (non-hydrogen) atoms. The molecule has 0 unspecified atom stereocenters. The molecule has 2 aromatic heterocycles. The van der Waals surface area contributed by atoms with Crippen LogP contribution in [0.4, 0.5) is 15.0 Å². The van der Waals surface area contributed by atoms with Crippen LogP contribution in [-0.2, 0) is 0 Å². The van der Waals surface area contributed by atoms with Gasteiger partial charge in [-0.2, -0.15) is 5.26 Å². The standard InChI is InChI=1S/C24H19FN6O3/c25-20-21(18-10-16(32)9-14-3-1-2-4-17(14)18)27-11-19-22(20)28-13-29-23(19)30-7-8-31(24(33)34)15(12-30)5-6-26/h1-4,9-11,13,15,32H,5,7-8,12H2,(H,33,34)/t15-/m0/s1. The van der Waals surface area contributed by atoms with Gasteiger partial charge in [0.15, 0.2) is 5.82 Å². The summed E-state index contributed by atoms with van der Waals surface area (Å²) in [6, 6.07) is 11.9. The Morgan fingerprint density at radius 3 is 2.79 bits per heavy atom. The van der Waals surface area contributed by atoms with Crippen molar-refractivity contribution in [2.24, 2.45) is 0 Å². The van der Waals surface area contributed by atoms with Crippen molar-refractivity contribution in [3.05, 3.63) is 54.7 Å². The Morgan fingerprint density at radius 2 is 2.00 bits per heavy atom. The summed E-state index contributed by atoms with van der Waals surface area (Å²) in [6.07, 6.45) is 1.70. The Kier molecular flexibility index (Phi) is 5.30. The molecule has 1 saturated heterocycles. The van der Waals surface area contributed by atoms with Crippen molar-refractivity contribution < 1.29 is 19.4 Å². The number of anilines is 1. The lowest BCUT2D eigenvalue weighted by Crippen LogP contribution is -2.55. The topological polar surface area (TPSA) is 126 Å².